The molecule has 0 bridgehead atoms. The van der Waals surface area contributed by atoms with Gasteiger partial charge in [-0.25, -0.2) is 4.98 Å². The summed E-state index contributed by atoms with van der Waals surface area (Å²) in [5.74, 6) is -1.79. The van der Waals surface area contributed by atoms with E-state index in [0.29, 0.717) is 30.3 Å². The fourth-order valence-corrected chi connectivity index (χ4v) is 7.50. The van der Waals surface area contributed by atoms with E-state index in [1.807, 2.05) is 89.2 Å². The third-order valence-corrected chi connectivity index (χ3v) is 9.95. The van der Waals surface area contributed by atoms with Gasteiger partial charge in [-0.2, -0.15) is 0 Å². The lowest BCUT2D eigenvalue weighted by atomic mass is 9.72. The number of hydrogen-bond acceptors (Lipinski definition) is 7. The van der Waals surface area contributed by atoms with Crippen LogP contribution in [0.3, 0.4) is 0 Å². The number of nitrogens with two attached hydrogens (primary N) is 1. The molecule has 1 saturated heterocycles. The molecule has 276 valence electrons. The molecule has 2 aromatic carbocycles. The summed E-state index contributed by atoms with van der Waals surface area (Å²) in [4.78, 5) is 59.6. The number of nitrogens with one attached hydrogen (secondary N) is 2. The van der Waals surface area contributed by atoms with Crippen LogP contribution < -0.4 is 16.4 Å². The molecular weight excluding hydrogens is 642 g/mol. The van der Waals surface area contributed by atoms with Crippen molar-refractivity contribution in [2.24, 2.45) is 23.5 Å². The Hall–Kier alpha value is -4.15. The number of hydrogen-bond donors (Lipinski definition) is 4. The zero-order chi connectivity index (χ0) is 37.1. The van der Waals surface area contributed by atoms with Crippen molar-refractivity contribution in [1.82, 2.24) is 20.5 Å². The molecule has 0 radical (unpaired) electrons. The molecule has 10 heteroatoms. The molecule has 3 amide bonds. The van der Waals surface area contributed by atoms with Gasteiger partial charge in [0.15, 0.2) is 5.78 Å². The maximum Gasteiger partial charge on any atom is 0.237 e. The number of para-hydroxylation sites is 1. The highest BCUT2D eigenvalue weighted by Crippen LogP contribution is 2.39. The Morgan fingerprint density at radius 1 is 0.922 bits per heavy atom. The van der Waals surface area contributed by atoms with Gasteiger partial charge in [0.1, 0.15) is 5.69 Å². The average Bonchev–Trinajstić information content (AvgIpc) is 3.10. The number of Topliss-reactive ketones (excluding diaryl/α,β-unsaturated/α-hetero) is 1. The number of aliphatic hydroxyl groups is 1. The third-order valence-electron chi connectivity index (χ3n) is 9.95. The zero-order valence-electron chi connectivity index (χ0n) is 30.9. The minimum Gasteiger partial charge on any atom is -0.390 e. The van der Waals surface area contributed by atoms with Crippen molar-refractivity contribution in [3.8, 4) is 0 Å². The van der Waals surface area contributed by atoms with Crippen molar-refractivity contribution in [2.75, 3.05) is 13.1 Å². The number of carbonyl (C=O) groups excluding carboxylic acids is 4. The zero-order valence-corrected chi connectivity index (χ0v) is 30.9. The Morgan fingerprint density at radius 2 is 1.59 bits per heavy atom. The van der Waals surface area contributed by atoms with Crippen LogP contribution in [0.4, 0.5) is 0 Å². The van der Waals surface area contributed by atoms with Gasteiger partial charge in [0.05, 0.1) is 29.6 Å². The van der Waals surface area contributed by atoms with Crippen LogP contribution in [0.1, 0.15) is 95.6 Å². The molecule has 3 aromatic rings. The molecule has 1 aliphatic carbocycles. The van der Waals surface area contributed by atoms with Crippen molar-refractivity contribution in [3.63, 3.8) is 0 Å². The number of primary amides is 1. The second-order valence-corrected chi connectivity index (χ2v) is 15.0. The van der Waals surface area contributed by atoms with Crippen LogP contribution in [0.15, 0.2) is 66.7 Å². The Labute approximate surface area is 303 Å². The van der Waals surface area contributed by atoms with Crippen molar-refractivity contribution in [1.29, 1.82) is 0 Å². The van der Waals surface area contributed by atoms with Crippen molar-refractivity contribution < 1.29 is 24.3 Å². The summed E-state index contributed by atoms with van der Waals surface area (Å²) in [6, 6.07) is 19.2. The number of fused-ring (bicyclic) bond motifs is 2. The summed E-state index contributed by atoms with van der Waals surface area (Å²) in [6.07, 6.45) is 3.97. The maximum absolute atomic E-state index is 13.9. The minimum atomic E-state index is -1.05. The Morgan fingerprint density at radius 3 is 2.27 bits per heavy atom. The van der Waals surface area contributed by atoms with Gasteiger partial charge in [-0.3, -0.25) is 24.1 Å². The first kappa shape index (κ1) is 39.6. The second-order valence-electron chi connectivity index (χ2n) is 15.0. The van der Waals surface area contributed by atoms with Gasteiger partial charge in [0.2, 0.25) is 17.7 Å². The number of pyridine rings is 1. The lowest BCUT2D eigenvalue weighted by molar-refractivity contribution is -0.133. The van der Waals surface area contributed by atoms with E-state index in [4.69, 9.17) is 5.73 Å². The van der Waals surface area contributed by atoms with Crippen LogP contribution in [0.2, 0.25) is 0 Å². The monoisotopic (exact) mass is 699 g/mol. The molecule has 5 N–H and O–H groups in total. The molecule has 2 fully saturated rings. The SMILES string of the molecule is CC.CC(C)(C)NC(=O)[C@@H]1CC2CCCCC2CN1C[C@@H](O)[C@H](Cc1ccccc1)NC(=O)[C@H](CC(N)=O)CC(=O)c1ccc2ccccc2n1. The molecule has 10 nitrogen and oxygen atoms in total. The number of piperidine rings is 1. The van der Waals surface area contributed by atoms with Crippen LogP contribution in [-0.4, -0.2) is 75.3 Å². The molecule has 2 aliphatic rings. The number of ketones is 1. The number of β-amino-alcohol motifs (C(OH)–C–C–N with tert-alkyl or cyclic N) is 1. The van der Waals surface area contributed by atoms with Crippen molar-refractivity contribution in [2.45, 2.75) is 110 Å². The molecule has 1 aromatic heterocycles. The van der Waals surface area contributed by atoms with E-state index in [1.165, 1.54) is 6.42 Å². The molecular formula is C41H57N5O5. The highest BCUT2D eigenvalue weighted by atomic mass is 16.3. The fraction of sp³-hybridized carbons (Fsp3) is 0.537. The molecule has 1 saturated carbocycles. The summed E-state index contributed by atoms with van der Waals surface area (Å²) < 4.78 is 0. The summed E-state index contributed by atoms with van der Waals surface area (Å²) in [5, 5.41) is 18.9. The van der Waals surface area contributed by atoms with E-state index in [0.717, 1.165) is 36.6 Å². The molecule has 5 rings (SSSR count). The van der Waals surface area contributed by atoms with E-state index < -0.39 is 41.5 Å². The van der Waals surface area contributed by atoms with Gasteiger partial charge in [0, 0.05) is 36.9 Å². The normalized spacial score (nSPS) is 20.9. The molecule has 1 aliphatic heterocycles. The van der Waals surface area contributed by atoms with Gasteiger partial charge >= 0.3 is 0 Å². The first-order chi connectivity index (χ1) is 24.4. The highest BCUT2D eigenvalue weighted by molar-refractivity contribution is 5.99. The first-order valence-corrected chi connectivity index (χ1v) is 18.6. The number of aliphatic hydroxyl groups excluding tert-OH is 1. The standard InChI is InChI=1S/C39H51N5O5.C2H6/c1-39(2,3)43-38(49)33-20-27-14-7-8-15-28(27)23-44(33)24-35(46)32(19-25-11-5-4-6-12-25)42-37(48)29(22-36(40)47)21-34(45)31-18-17-26-13-9-10-16-30(26)41-31;1-2/h4-6,9-13,16-18,27-29,32-33,35,46H,7-8,14-15,19-24H2,1-3H3,(H2,40,47)(H,42,48)(H,43,49);1-2H3/t27?,28?,29-,32-,33-,35+;/m0./s1. The van der Waals surface area contributed by atoms with Crippen LogP contribution in [0.5, 0.6) is 0 Å². The van der Waals surface area contributed by atoms with Gasteiger partial charge in [0.25, 0.3) is 0 Å². The van der Waals surface area contributed by atoms with Crippen LogP contribution in [0.25, 0.3) is 10.9 Å². The second kappa shape index (κ2) is 18.4. The molecule has 0 spiro atoms. The van der Waals surface area contributed by atoms with Gasteiger partial charge in [-0.05, 0) is 69.6 Å². The number of amides is 3. The number of aromatic nitrogens is 1. The Bertz CT molecular complexity index is 1620. The fourth-order valence-electron chi connectivity index (χ4n) is 7.50. The number of benzene rings is 2. The highest BCUT2D eigenvalue weighted by Gasteiger charge is 2.42. The Balaban J connectivity index is 0.00000286. The van der Waals surface area contributed by atoms with Crippen LogP contribution in [-0.2, 0) is 20.8 Å². The number of carbonyl (C=O) groups is 4. The lowest BCUT2D eigenvalue weighted by Crippen LogP contribution is -2.60. The van der Waals surface area contributed by atoms with E-state index in [1.54, 1.807) is 12.1 Å². The molecule has 2 heterocycles. The summed E-state index contributed by atoms with van der Waals surface area (Å²) in [5.41, 5.74) is 6.92. The predicted octanol–water partition coefficient (Wildman–Crippen LogP) is 5.21. The van der Waals surface area contributed by atoms with Gasteiger partial charge < -0.3 is 21.5 Å². The summed E-state index contributed by atoms with van der Waals surface area (Å²) in [6.45, 7) is 10.8. The molecule has 2 unspecified atom stereocenters. The van der Waals surface area contributed by atoms with E-state index in [9.17, 15) is 24.3 Å². The van der Waals surface area contributed by atoms with Gasteiger partial charge in [-0.15, -0.1) is 0 Å². The molecule has 51 heavy (non-hydrogen) atoms. The number of likely N-dealkylation sites (tertiary alicyclic amines) is 1. The first-order valence-electron chi connectivity index (χ1n) is 18.6. The smallest absolute Gasteiger partial charge is 0.237 e. The van der Waals surface area contributed by atoms with Crippen molar-refractivity contribution >= 4 is 34.4 Å². The maximum atomic E-state index is 13.9. The largest absolute Gasteiger partial charge is 0.390 e. The summed E-state index contributed by atoms with van der Waals surface area (Å²) in [7, 11) is 0. The van der Waals surface area contributed by atoms with E-state index >= 15 is 0 Å². The quantitative estimate of drug-likeness (QED) is 0.179. The van der Waals surface area contributed by atoms with Crippen molar-refractivity contribution in [3.05, 3.63) is 78.0 Å². The van der Waals surface area contributed by atoms with Gasteiger partial charge in [-0.1, -0.05) is 87.7 Å². The van der Waals surface area contributed by atoms with E-state index in [-0.39, 0.29) is 36.8 Å². The molecule has 6 atom stereocenters. The van der Waals surface area contributed by atoms with Crippen LogP contribution >= 0.6 is 0 Å². The third kappa shape index (κ3) is 11.4. The predicted molar refractivity (Wildman–Crippen MR) is 201 cm³/mol. The van der Waals surface area contributed by atoms with Crippen LogP contribution in [0, 0.1) is 17.8 Å². The number of rotatable bonds is 13. The summed E-state index contributed by atoms with van der Waals surface area (Å²) >= 11 is 0. The number of nitrogens with zero attached hydrogens (tertiary/aromatic N) is 2. The van der Waals surface area contributed by atoms with E-state index in [2.05, 4.69) is 20.5 Å². The average molecular weight is 700 g/mol. The topological polar surface area (TPSA) is 155 Å². The Kier molecular flexibility index (Phi) is 14.3. The lowest BCUT2D eigenvalue weighted by Gasteiger charge is -2.47. The minimum absolute atomic E-state index is 0.0466.